The van der Waals surface area contributed by atoms with Gasteiger partial charge in [-0.15, -0.1) is 0 Å². The number of nitrogens with two attached hydrogens (primary N) is 1. The summed E-state index contributed by atoms with van der Waals surface area (Å²) in [7, 11) is 0. The first-order valence-electron chi connectivity index (χ1n) is 6.28. The van der Waals surface area contributed by atoms with Crippen molar-refractivity contribution in [1.82, 2.24) is 9.97 Å². The zero-order valence-electron chi connectivity index (χ0n) is 10.8. The first-order chi connectivity index (χ1) is 10.1. The Hall–Kier alpha value is -2.00. The van der Waals surface area contributed by atoms with E-state index in [9.17, 15) is 5.11 Å². The van der Waals surface area contributed by atoms with Crippen LogP contribution in [0.5, 0.6) is 0 Å². The second-order valence-electron chi connectivity index (χ2n) is 4.70. The molecule has 0 bridgehead atoms. The van der Waals surface area contributed by atoms with E-state index in [0.29, 0.717) is 24.6 Å². The predicted molar refractivity (Wildman–Crippen MR) is 75.7 cm³/mol. The van der Waals surface area contributed by atoms with Crippen LogP contribution in [0, 0.1) is 0 Å². The van der Waals surface area contributed by atoms with Gasteiger partial charge in [0.05, 0.1) is 25.4 Å². The summed E-state index contributed by atoms with van der Waals surface area (Å²) in [5, 5.41) is 16.3. The second kappa shape index (κ2) is 5.41. The van der Waals surface area contributed by atoms with Gasteiger partial charge in [-0.25, -0.2) is 0 Å². The third-order valence-corrected chi connectivity index (χ3v) is 3.77. The average molecular weight is 313 g/mol. The van der Waals surface area contributed by atoms with Crippen molar-refractivity contribution >= 4 is 29.1 Å². The van der Waals surface area contributed by atoms with E-state index in [1.165, 1.54) is 0 Å². The number of hydrogen-bond acceptors (Lipinski definition) is 8. The van der Waals surface area contributed by atoms with Crippen molar-refractivity contribution < 1.29 is 9.84 Å². The number of aromatic nitrogens is 2. The van der Waals surface area contributed by atoms with E-state index in [2.05, 4.69) is 25.3 Å². The van der Waals surface area contributed by atoms with Crippen molar-refractivity contribution in [2.24, 2.45) is 5.11 Å². The predicted octanol–water partition coefficient (Wildman–Crippen LogP) is 0.688. The van der Waals surface area contributed by atoms with Crippen LogP contribution in [-0.2, 0) is 4.74 Å². The fraction of sp³-hybridized carbons (Fsp3) is 0.600. The molecule has 1 aromatic rings. The molecule has 1 saturated heterocycles. The maximum atomic E-state index is 9.30. The zero-order chi connectivity index (χ0) is 15.0. The second-order valence-corrected chi connectivity index (χ2v) is 5.05. The molecule has 3 unspecified atom stereocenters. The van der Waals surface area contributed by atoms with Gasteiger partial charge in [0.1, 0.15) is 11.9 Å². The Balaban J connectivity index is 1.87. The van der Waals surface area contributed by atoms with E-state index in [1.807, 2.05) is 4.90 Å². The fourth-order valence-corrected chi connectivity index (χ4v) is 2.77. The number of aliphatic hydroxyl groups is 1. The molecule has 10 nitrogen and oxygen atoms in total. The number of hydrogen-bond donors (Lipinski definition) is 3. The van der Waals surface area contributed by atoms with Gasteiger partial charge in [-0.05, 0) is 5.53 Å². The number of nitrogen functional groups attached to an aromatic ring is 1. The molecule has 4 N–H and O–H groups in total. The number of ether oxygens (including phenoxy) is 1. The summed E-state index contributed by atoms with van der Waals surface area (Å²) < 4.78 is 5.72. The third kappa shape index (κ3) is 2.38. The van der Waals surface area contributed by atoms with Crippen molar-refractivity contribution in [3.05, 3.63) is 15.6 Å². The molecule has 3 heterocycles. The molecule has 2 aliphatic heterocycles. The highest BCUT2D eigenvalue weighted by Crippen LogP contribution is 2.39. The Labute approximate surface area is 124 Å². The molecule has 1 fully saturated rings. The minimum absolute atomic E-state index is 0.0655. The SMILES string of the molecule is [N-]=[N+]=NC1CC(N2CNc3c(Cl)nc(N)nc32)OC1CO. The molecular formula is C10H13ClN8O2. The van der Waals surface area contributed by atoms with E-state index in [0.717, 1.165) is 0 Å². The summed E-state index contributed by atoms with van der Waals surface area (Å²) in [5.74, 6) is 0.603. The van der Waals surface area contributed by atoms with Crippen LogP contribution >= 0.6 is 11.6 Å². The average Bonchev–Trinajstić information content (AvgIpc) is 3.02. The van der Waals surface area contributed by atoms with Gasteiger partial charge in [-0.2, -0.15) is 9.97 Å². The molecule has 0 radical (unpaired) electrons. The minimum Gasteiger partial charge on any atom is -0.394 e. The zero-order valence-corrected chi connectivity index (χ0v) is 11.6. The van der Waals surface area contributed by atoms with Crippen molar-refractivity contribution in [1.29, 1.82) is 0 Å². The Morgan fingerprint density at radius 1 is 1.62 bits per heavy atom. The summed E-state index contributed by atoms with van der Waals surface area (Å²) in [4.78, 5) is 12.6. The summed E-state index contributed by atoms with van der Waals surface area (Å²) in [5.41, 5.74) is 14.8. The van der Waals surface area contributed by atoms with Crippen molar-refractivity contribution in [3.8, 4) is 0 Å². The number of aliphatic hydroxyl groups excluding tert-OH is 1. The Morgan fingerprint density at radius 2 is 2.43 bits per heavy atom. The number of fused-ring (bicyclic) bond motifs is 1. The van der Waals surface area contributed by atoms with Crippen LogP contribution < -0.4 is 16.0 Å². The summed E-state index contributed by atoms with van der Waals surface area (Å²) in [6.07, 6.45) is -0.487. The largest absolute Gasteiger partial charge is 0.394 e. The van der Waals surface area contributed by atoms with E-state index in [-0.39, 0.29) is 17.7 Å². The Bertz CT molecular complexity index is 607. The van der Waals surface area contributed by atoms with Crippen LogP contribution in [0.4, 0.5) is 17.5 Å². The number of halogens is 1. The fourth-order valence-electron chi connectivity index (χ4n) is 2.53. The van der Waals surface area contributed by atoms with Gasteiger partial charge in [0.2, 0.25) is 5.95 Å². The number of rotatable bonds is 3. The number of nitrogens with zero attached hydrogens (tertiary/aromatic N) is 6. The van der Waals surface area contributed by atoms with Crippen molar-refractivity contribution in [2.75, 3.05) is 29.2 Å². The lowest BCUT2D eigenvalue weighted by Gasteiger charge is -2.24. The monoisotopic (exact) mass is 312 g/mol. The van der Waals surface area contributed by atoms with Crippen molar-refractivity contribution in [2.45, 2.75) is 24.8 Å². The molecule has 0 saturated carbocycles. The smallest absolute Gasteiger partial charge is 0.223 e. The molecular weight excluding hydrogens is 300 g/mol. The minimum atomic E-state index is -0.537. The number of anilines is 3. The van der Waals surface area contributed by atoms with Crippen LogP contribution in [0.25, 0.3) is 10.4 Å². The quantitative estimate of drug-likeness (QED) is 0.322. The highest BCUT2D eigenvalue weighted by molar-refractivity contribution is 6.32. The lowest BCUT2D eigenvalue weighted by atomic mass is 10.1. The first kappa shape index (κ1) is 14.0. The summed E-state index contributed by atoms with van der Waals surface area (Å²) >= 11 is 6.01. The van der Waals surface area contributed by atoms with Gasteiger partial charge in [-0.1, -0.05) is 16.7 Å². The van der Waals surface area contributed by atoms with E-state index in [1.54, 1.807) is 0 Å². The van der Waals surface area contributed by atoms with Gasteiger partial charge in [0, 0.05) is 11.3 Å². The molecule has 0 amide bonds. The van der Waals surface area contributed by atoms with Crippen LogP contribution in [0.3, 0.4) is 0 Å². The molecule has 1 aromatic heterocycles. The lowest BCUT2D eigenvalue weighted by molar-refractivity contribution is 0.00773. The lowest BCUT2D eigenvalue weighted by Crippen LogP contribution is -2.36. The Kier molecular flexibility index (Phi) is 3.60. The van der Waals surface area contributed by atoms with Crippen LogP contribution in [0.2, 0.25) is 5.15 Å². The number of azide groups is 1. The molecule has 3 atom stereocenters. The maximum Gasteiger partial charge on any atom is 0.223 e. The van der Waals surface area contributed by atoms with Gasteiger partial charge in [-0.3, -0.25) is 0 Å². The topological polar surface area (TPSA) is 145 Å². The van der Waals surface area contributed by atoms with E-state index < -0.39 is 18.4 Å². The normalized spacial score (nSPS) is 27.1. The first-order valence-corrected chi connectivity index (χ1v) is 6.66. The molecule has 0 aromatic carbocycles. The molecule has 11 heteroatoms. The van der Waals surface area contributed by atoms with Gasteiger partial charge in [0.25, 0.3) is 0 Å². The van der Waals surface area contributed by atoms with Gasteiger partial charge in [0.15, 0.2) is 11.0 Å². The number of nitrogens with one attached hydrogen (secondary N) is 1. The molecule has 2 aliphatic rings. The highest BCUT2D eigenvalue weighted by Gasteiger charge is 2.40. The molecule has 21 heavy (non-hydrogen) atoms. The summed E-state index contributed by atoms with van der Waals surface area (Å²) in [6.45, 7) is 0.194. The standard InChI is InChI=1S/C10H13ClN8O2/c11-8-7-9(16-10(12)15-8)19(3-14-7)6-1-4(17-18-13)5(2-20)21-6/h4-6,14,20H,1-3H2,(H2,12,15,16). The molecule has 3 rings (SSSR count). The van der Waals surface area contributed by atoms with Crippen LogP contribution in [0.15, 0.2) is 5.11 Å². The van der Waals surface area contributed by atoms with Crippen molar-refractivity contribution in [3.63, 3.8) is 0 Å². The van der Waals surface area contributed by atoms with Crippen LogP contribution in [0.1, 0.15) is 6.42 Å². The van der Waals surface area contributed by atoms with Gasteiger partial charge < -0.3 is 25.8 Å². The van der Waals surface area contributed by atoms with Gasteiger partial charge >= 0.3 is 0 Å². The van der Waals surface area contributed by atoms with Crippen LogP contribution in [-0.4, -0.2) is 46.7 Å². The Morgan fingerprint density at radius 3 is 3.14 bits per heavy atom. The summed E-state index contributed by atoms with van der Waals surface area (Å²) in [6, 6.07) is -0.427. The van der Waals surface area contributed by atoms with E-state index >= 15 is 0 Å². The molecule has 0 spiro atoms. The molecule has 0 aliphatic carbocycles. The third-order valence-electron chi connectivity index (χ3n) is 3.49. The maximum absolute atomic E-state index is 9.30. The molecule has 112 valence electrons. The highest BCUT2D eigenvalue weighted by atomic mass is 35.5. The van der Waals surface area contributed by atoms with E-state index in [4.69, 9.17) is 27.6 Å².